The normalized spacial score (nSPS) is 18.1. The van der Waals surface area contributed by atoms with Gasteiger partial charge < -0.3 is 10.0 Å². The molecule has 1 N–H and O–H groups in total. The van der Waals surface area contributed by atoms with Crippen LogP contribution < -0.4 is 0 Å². The van der Waals surface area contributed by atoms with Gasteiger partial charge in [0.25, 0.3) is 0 Å². The molecular formula is C12H23NO4S. The van der Waals surface area contributed by atoms with Gasteiger partial charge in [-0.25, -0.2) is 8.42 Å². The number of carboxylic acid groups (broad SMARTS) is 1. The molecule has 1 fully saturated rings. The number of likely N-dealkylation sites (tertiary alicyclic amines) is 1. The van der Waals surface area contributed by atoms with Crippen LogP contribution >= 0.6 is 0 Å². The predicted molar refractivity (Wildman–Crippen MR) is 70.4 cm³/mol. The first-order valence-corrected chi connectivity index (χ1v) is 8.23. The number of sulfone groups is 1. The molecule has 0 amide bonds. The van der Waals surface area contributed by atoms with Gasteiger partial charge in [-0.1, -0.05) is 13.8 Å². The fourth-order valence-electron chi connectivity index (χ4n) is 2.58. The minimum atomic E-state index is -3.61. The lowest BCUT2D eigenvalue weighted by molar-refractivity contribution is -0.140. The second-order valence-electron chi connectivity index (χ2n) is 4.87. The van der Waals surface area contributed by atoms with E-state index in [4.69, 9.17) is 0 Å². The van der Waals surface area contributed by atoms with Gasteiger partial charge in [0.05, 0.1) is 5.75 Å². The minimum Gasteiger partial charge on any atom is -0.480 e. The number of carbonyl (C=O) groups is 1. The van der Waals surface area contributed by atoms with Crippen LogP contribution in [-0.2, 0) is 14.6 Å². The first-order chi connectivity index (χ1) is 8.39. The highest BCUT2D eigenvalue weighted by Gasteiger charge is 2.47. The Morgan fingerprint density at radius 2 is 1.72 bits per heavy atom. The van der Waals surface area contributed by atoms with E-state index in [2.05, 4.69) is 4.90 Å². The topological polar surface area (TPSA) is 74.7 Å². The Morgan fingerprint density at radius 3 is 2.11 bits per heavy atom. The van der Waals surface area contributed by atoms with Gasteiger partial charge in [0, 0.05) is 6.54 Å². The van der Waals surface area contributed by atoms with Crippen molar-refractivity contribution in [2.24, 2.45) is 0 Å². The summed E-state index contributed by atoms with van der Waals surface area (Å²) in [6, 6.07) is 0. The lowest BCUT2D eigenvalue weighted by atomic mass is 10.0. The van der Waals surface area contributed by atoms with E-state index in [1.807, 2.05) is 0 Å². The molecule has 0 aromatic heterocycles. The van der Waals surface area contributed by atoms with Crippen LogP contribution in [0.15, 0.2) is 0 Å². The van der Waals surface area contributed by atoms with E-state index in [0.717, 1.165) is 25.9 Å². The Morgan fingerprint density at radius 1 is 1.22 bits per heavy atom. The standard InChI is InChI=1S/C12H23NO4S/c1-3-12(4-2,11(14)15)18(16,17)10-9-13-7-5-6-8-13/h3-10H2,1-2H3,(H,14,15). The third-order valence-electron chi connectivity index (χ3n) is 4.00. The lowest BCUT2D eigenvalue weighted by Gasteiger charge is -2.27. The van der Waals surface area contributed by atoms with E-state index in [1.54, 1.807) is 13.8 Å². The largest absolute Gasteiger partial charge is 0.480 e. The molecule has 0 saturated carbocycles. The molecule has 0 aromatic rings. The summed E-state index contributed by atoms with van der Waals surface area (Å²) in [6.45, 7) is 5.56. The van der Waals surface area contributed by atoms with Crippen molar-refractivity contribution in [3.8, 4) is 0 Å². The number of rotatable bonds is 7. The predicted octanol–water partition coefficient (Wildman–Crippen LogP) is 1.14. The summed E-state index contributed by atoms with van der Waals surface area (Å²) in [5, 5.41) is 9.26. The van der Waals surface area contributed by atoms with Gasteiger partial charge in [-0.05, 0) is 38.8 Å². The molecule has 5 nitrogen and oxygen atoms in total. The molecule has 1 saturated heterocycles. The zero-order valence-electron chi connectivity index (χ0n) is 11.2. The molecular weight excluding hydrogens is 254 g/mol. The Labute approximate surface area is 109 Å². The van der Waals surface area contributed by atoms with Gasteiger partial charge in [-0.15, -0.1) is 0 Å². The Hall–Kier alpha value is -0.620. The van der Waals surface area contributed by atoms with Crippen LogP contribution in [-0.4, -0.2) is 54.5 Å². The highest BCUT2D eigenvalue weighted by atomic mass is 32.2. The van der Waals surface area contributed by atoms with Crippen molar-refractivity contribution < 1.29 is 18.3 Å². The van der Waals surface area contributed by atoms with E-state index in [-0.39, 0.29) is 18.6 Å². The molecule has 106 valence electrons. The second-order valence-corrected chi connectivity index (χ2v) is 7.29. The zero-order valence-corrected chi connectivity index (χ0v) is 12.0. The summed E-state index contributed by atoms with van der Waals surface area (Å²) in [6.07, 6.45) is 2.46. The average molecular weight is 277 g/mol. The summed E-state index contributed by atoms with van der Waals surface area (Å²) in [5.74, 6) is -1.27. The van der Waals surface area contributed by atoms with Crippen molar-refractivity contribution in [1.29, 1.82) is 0 Å². The van der Waals surface area contributed by atoms with E-state index in [0.29, 0.717) is 6.54 Å². The van der Waals surface area contributed by atoms with Crippen LogP contribution in [0, 0.1) is 0 Å². The third kappa shape index (κ3) is 2.85. The molecule has 0 unspecified atom stereocenters. The molecule has 1 aliphatic rings. The van der Waals surface area contributed by atoms with Gasteiger partial charge in [0.1, 0.15) is 0 Å². The number of hydrogen-bond donors (Lipinski definition) is 1. The summed E-state index contributed by atoms with van der Waals surface area (Å²) < 4.78 is 23.0. The molecule has 0 bridgehead atoms. The first-order valence-electron chi connectivity index (χ1n) is 6.57. The number of hydrogen-bond acceptors (Lipinski definition) is 4. The van der Waals surface area contributed by atoms with Crippen molar-refractivity contribution in [2.45, 2.75) is 44.3 Å². The van der Waals surface area contributed by atoms with Gasteiger partial charge in [0.2, 0.25) is 0 Å². The van der Waals surface area contributed by atoms with Crippen molar-refractivity contribution in [2.75, 3.05) is 25.4 Å². The van der Waals surface area contributed by atoms with E-state index in [1.165, 1.54) is 0 Å². The monoisotopic (exact) mass is 277 g/mol. The fourth-order valence-corrected chi connectivity index (χ4v) is 4.61. The molecule has 0 spiro atoms. The maximum Gasteiger partial charge on any atom is 0.325 e. The Kier molecular flexibility index (Phi) is 5.16. The van der Waals surface area contributed by atoms with E-state index >= 15 is 0 Å². The van der Waals surface area contributed by atoms with Gasteiger partial charge in [-0.2, -0.15) is 0 Å². The summed E-state index contributed by atoms with van der Waals surface area (Å²) in [4.78, 5) is 13.4. The quantitative estimate of drug-likeness (QED) is 0.755. The Bertz CT molecular complexity index is 381. The second kappa shape index (κ2) is 6.02. The number of carboxylic acids is 1. The molecule has 0 atom stereocenters. The van der Waals surface area contributed by atoms with Gasteiger partial charge >= 0.3 is 5.97 Å². The SMILES string of the molecule is CCC(CC)(C(=O)O)S(=O)(=O)CCN1CCCC1. The zero-order chi connectivity index (χ0) is 13.8. The highest BCUT2D eigenvalue weighted by molar-refractivity contribution is 7.93. The third-order valence-corrected chi connectivity index (χ3v) is 6.66. The maximum atomic E-state index is 12.3. The minimum absolute atomic E-state index is 0.0546. The Balaban J connectivity index is 2.78. The van der Waals surface area contributed by atoms with E-state index < -0.39 is 20.6 Å². The van der Waals surface area contributed by atoms with Crippen LogP contribution in [0.5, 0.6) is 0 Å². The molecule has 1 rings (SSSR count). The van der Waals surface area contributed by atoms with Crippen LogP contribution in [0.1, 0.15) is 39.5 Å². The molecule has 0 aliphatic carbocycles. The number of aliphatic carboxylic acids is 1. The van der Waals surface area contributed by atoms with Crippen molar-refractivity contribution in [3.05, 3.63) is 0 Å². The molecule has 1 heterocycles. The molecule has 6 heteroatoms. The van der Waals surface area contributed by atoms with Crippen molar-refractivity contribution in [3.63, 3.8) is 0 Å². The van der Waals surface area contributed by atoms with E-state index in [9.17, 15) is 18.3 Å². The average Bonchev–Trinajstić information content (AvgIpc) is 2.81. The van der Waals surface area contributed by atoms with Crippen LogP contribution in [0.25, 0.3) is 0 Å². The van der Waals surface area contributed by atoms with Crippen molar-refractivity contribution in [1.82, 2.24) is 4.90 Å². The summed E-state index contributed by atoms with van der Waals surface area (Å²) in [5.41, 5.74) is 0. The maximum absolute atomic E-state index is 12.3. The molecule has 0 radical (unpaired) electrons. The van der Waals surface area contributed by atoms with Crippen LogP contribution in [0.4, 0.5) is 0 Å². The summed E-state index contributed by atoms with van der Waals surface area (Å²) in [7, 11) is -3.61. The fraction of sp³-hybridized carbons (Fsp3) is 0.917. The first kappa shape index (κ1) is 15.4. The van der Waals surface area contributed by atoms with Gasteiger partial charge in [-0.3, -0.25) is 4.79 Å². The van der Waals surface area contributed by atoms with Crippen molar-refractivity contribution >= 4 is 15.8 Å². The van der Waals surface area contributed by atoms with Crippen LogP contribution in [0.3, 0.4) is 0 Å². The highest BCUT2D eigenvalue weighted by Crippen LogP contribution is 2.27. The number of nitrogens with zero attached hydrogens (tertiary/aromatic N) is 1. The molecule has 0 aromatic carbocycles. The molecule has 18 heavy (non-hydrogen) atoms. The smallest absolute Gasteiger partial charge is 0.325 e. The van der Waals surface area contributed by atoms with Crippen LogP contribution in [0.2, 0.25) is 0 Å². The molecule has 1 aliphatic heterocycles. The van der Waals surface area contributed by atoms with Gasteiger partial charge in [0.15, 0.2) is 14.6 Å². The summed E-state index contributed by atoms with van der Waals surface area (Å²) >= 11 is 0. The lowest BCUT2D eigenvalue weighted by Crippen LogP contribution is -2.48.